The Hall–Kier alpha value is -0.790. The first-order valence-corrected chi connectivity index (χ1v) is 10.9. The SMILES string of the molecule is COC(=O)[C@H](Cc1ccccc1)N(C)C(=O)CCSSSC. The second kappa shape index (κ2) is 10.9. The van der Waals surface area contributed by atoms with Crippen LogP contribution in [0.3, 0.4) is 0 Å². The quantitative estimate of drug-likeness (QED) is 0.383. The molecule has 0 radical (unpaired) electrons. The molecule has 0 N–H and O–H groups in total. The standard InChI is InChI=1S/C15H21NO3S3/c1-16(14(17)9-10-21-22-20-3)13(15(18)19-2)11-12-7-5-4-6-8-12/h4-8,13H,9-11H2,1-3H3/t13-/m0/s1. The van der Waals surface area contributed by atoms with E-state index in [1.807, 2.05) is 36.6 Å². The maximum absolute atomic E-state index is 12.2. The van der Waals surface area contributed by atoms with E-state index in [0.29, 0.717) is 12.8 Å². The van der Waals surface area contributed by atoms with Crippen LogP contribution in [0.2, 0.25) is 0 Å². The van der Waals surface area contributed by atoms with Crippen LogP contribution in [0.15, 0.2) is 30.3 Å². The number of carbonyl (C=O) groups excluding carboxylic acids is 2. The van der Waals surface area contributed by atoms with Crippen molar-refractivity contribution in [2.24, 2.45) is 0 Å². The van der Waals surface area contributed by atoms with Crippen LogP contribution in [0.5, 0.6) is 0 Å². The highest BCUT2D eigenvalue weighted by atomic mass is 33.5. The minimum atomic E-state index is -0.585. The monoisotopic (exact) mass is 359 g/mol. The molecule has 1 amide bonds. The van der Waals surface area contributed by atoms with Crippen LogP contribution in [0.25, 0.3) is 0 Å². The molecule has 0 aliphatic rings. The number of nitrogens with zero attached hydrogens (tertiary/aromatic N) is 1. The smallest absolute Gasteiger partial charge is 0.328 e. The molecule has 4 nitrogen and oxygen atoms in total. The number of amides is 1. The van der Waals surface area contributed by atoms with Crippen LogP contribution >= 0.6 is 31.4 Å². The van der Waals surface area contributed by atoms with E-state index in [0.717, 1.165) is 11.3 Å². The Morgan fingerprint density at radius 1 is 1.27 bits per heavy atom. The lowest BCUT2D eigenvalue weighted by atomic mass is 10.0. The summed E-state index contributed by atoms with van der Waals surface area (Å²) in [6, 6.07) is 9.06. The maximum Gasteiger partial charge on any atom is 0.328 e. The molecular weight excluding hydrogens is 338 g/mol. The first-order chi connectivity index (χ1) is 10.6. The summed E-state index contributed by atoms with van der Waals surface area (Å²) in [4.78, 5) is 25.8. The summed E-state index contributed by atoms with van der Waals surface area (Å²) in [6.07, 6.45) is 2.87. The number of carbonyl (C=O) groups is 2. The lowest BCUT2D eigenvalue weighted by Crippen LogP contribution is -2.44. The number of rotatable bonds is 9. The molecule has 0 fully saturated rings. The normalized spacial score (nSPS) is 11.8. The van der Waals surface area contributed by atoms with Crippen molar-refractivity contribution in [1.82, 2.24) is 4.90 Å². The molecule has 0 saturated carbocycles. The molecule has 0 aromatic heterocycles. The highest BCUT2D eigenvalue weighted by Crippen LogP contribution is 2.32. The number of hydrogen-bond donors (Lipinski definition) is 0. The highest BCUT2D eigenvalue weighted by Gasteiger charge is 2.27. The Bertz CT molecular complexity index is 470. The van der Waals surface area contributed by atoms with Gasteiger partial charge in [-0.05, 0) is 21.6 Å². The van der Waals surface area contributed by atoms with Crippen molar-refractivity contribution in [3.8, 4) is 0 Å². The van der Waals surface area contributed by atoms with Gasteiger partial charge in [-0.25, -0.2) is 4.79 Å². The van der Waals surface area contributed by atoms with Crippen LogP contribution in [0, 0.1) is 0 Å². The Balaban J connectivity index is 2.66. The van der Waals surface area contributed by atoms with E-state index in [1.165, 1.54) is 12.0 Å². The molecule has 0 saturated heterocycles. The highest BCUT2D eigenvalue weighted by molar-refractivity contribution is 9.09. The third-order valence-electron chi connectivity index (χ3n) is 3.12. The van der Waals surface area contributed by atoms with Gasteiger partial charge in [0.1, 0.15) is 6.04 Å². The third-order valence-corrected chi connectivity index (χ3v) is 7.01. The molecule has 0 aliphatic carbocycles. The Morgan fingerprint density at radius 2 is 1.95 bits per heavy atom. The topological polar surface area (TPSA) is 46.6 Å². The molecule has 0 spiro atoms. The van der Waals surface area contributed by atoms with Gasteiger partial charge in [0.2, 0.25) is 5.91 Å². The second-order valence-electron chi connectivity index (χ2n) is 4.54. The van der Waals surface area contributed by atoms with Crippen LogP contribution < -0.4 is 0 Å². The third kappa shape index (κ3) is 6.54. The maximum atomic E-state index is 12.2. The van der Waals surface area contributed by atoms with E-state index in [2.05, 4.69) is 0 Å². The minimum Gasteiger partial charge on any atom is -0.467 e. The van der Waals surface area contributed by atoms with Crippen molar-refractivity contribution < 1.29 is 14.3 Å². The zero-order valence-electron chi connectivity index (χ0n) is 13.0. The van der Waals surface area contributed by atoms with E-state index < -0.39 is 6.04 Å². The molecule has 7 heteroatoms. The summed E-state index contributed by atoms with van der Waals surface area (Å²) in [6.45, 7) is 0. The average Bonchev–Trinajstić information content (AvgIpc) is 2.56. The van der Waals surface area contributed by atoms with Crippen molar-refractivity contribution >= 4 is 43.3 Å². The molecule has 122 valence electrons. The number of esters is 1. The molecule has 0 bridgehead atoms. The van der Waals surface area contributed by atoms with Gasteiger partial charge < -0.3 is 9.64 Å². The molecule has 0 heterocycles. The summed E-state index contributed by atoms with van der Waals surface area (Å²) in [5.41, 5.74) is 1.00. The van der Waals surface area contributed by atoms with Crippen LogP contribution in [-0.2, 0) is 20.7 Å². The average molecular weight is 360 g/mol. The van der Waals surface area contributed by atoms with Gasteiger partial charge in [-0.2, -0.15) is 0 Å². The molecule has 1 atom stereocenters. The zero-order valence-corrected chi connectivity index (χ0v) is 15.4. The van der Waals surface area contributed by atoms with Crippen LogP contribution in [0.1, 0.15) is 12.0 Å². The van der Waals surface area contributed by atoms with E-state index in [9.17, 15) is 9.59 Å². The molecule has 1 aromatic carbocycles. The van der Waals surface area contributed by atoms with Crippen molar-refractivity contribution in [1.29, 1.82) is 0 Å². The van der Waals surface area contributed by atoms with E-state index in [-0.39, 0.29) is 11.9 Å². The van der Waals surface area contributed by atoms with Gasteiger partial charge in [0, 0.05) is 25.6 Å². The summed E-state index contributed by atoms with van der Waals surface area (Å²) in [5.74, 6) is 0.305. The van der Waals surface area contributed by atoms with E-state index in [1.54, 1.807) is 38.5 Å². The largest absolute Gasteiger partial charge is 0.467 e. The van der Waals surface area contributed by atoms with Crippen molar-refractivity contribution in [2.45, 2.75) is 18.9 Å². The molecule has 0 aliphatic heterocycles. The van der Waals surface area contributed by atoms with E-state index >= 15 is 0 Å². The first kappa shape index (κ1) is 19.3. The van der Waals surface area contributed by atoms with Gasteiger partial charge in [-0.15, -0.1) is 0 Å². The van der Waals surface area contributed by atoms with Gasteiger partial charge in [-0.3, -0.25) is 4.79 Å². The van der Waals surface area contributed by atoms with Gasteiger partial charge in [0.15, 0.2) is 0 Å². The number of ether oxygens (including phenoxy) is 1. The summed E-state index contributed by atoms with van der Waals surface area (Å²) < 4.78 is 4.85. The molecule has 1 aromatic rings. The second-order valence-corrected chi connectivity index (χ2v) is 8.99. The van der Waals surface area contributed by atoms with Gasteiger partial charge in [0.05, 0.1) is 7.11 Å². The van der Waals surface area contributed by atoms with Crippen molar-refractivity contribution in [3.05, 3.63) is 35.9 Å². The van der Waals surface area contributed by atoms with Crippen LogP contribution in [0.4, 0.5) is 0 Å². The number of likely N-dealkylation sites (N-methyl/N-ethyl adjacent to an activating group) is 1. The first-order valence-electron chi connectivity index (χ1n) is 6.79. The lowest BCUT2D eigenvalue weighted by Gasteiger charge is -2.26. The Kier molecular flexibility index (Phi) is 9.50. The lowest BCUT2D eigenvalue weighted by molar-refractivity contribution is -0.151. The molecule has 0 unspecified atom stereocenters. The van der Waals surface area contributed by atoms with Crippen LogP contribution in [-0.4, -0.2) is 49.0 Å². The molecule has 22 heavy (non-hydrogen) atoms. The number of hydrogen-bond acceptors (Lipinski definition) is 6. The van der Waals surface area contributed by atoms with Crippen molar-refractivity contribution in [3.63, 3.8) is 0 Å². The number of methoxy groups -OCH3 is 1. The predicted molar refractivity (Wildman–Crippen MR) is 96.9 cm³/mol. The summed E-state index contributed by atoms with van der Waals surface area (Å²) in [5, 5.41) is 0. The van der Waals surface area contributed by atoms with Gasteiger partial charge in [-0.1, -0.05) is 51.9 Å². The minimum absolute atomic E-state index is 0.0412. The fourth-order valence-electron chi connectivity index (χ4n) is 1.91. The predicted octanol–water partition coefficient (Wildman–Crippen LogP) is 3.28. The van der Waals surface area contributed by atoms with Gasteiger partial charge in [0.25, 0.3) is 0 Å². The Labute approximate surface area is 143 Å². The van der Waals surface area contributed by atoms with E-state index in [4.69, 9.17) is 4.74 Å². The molecular formula is C15H21NO3S3. The summed E-state index contributed by atoms with van der Waals surface area (Å²) >= 11 is 0. The fraction of sp³-hybridized carbons (Fsp3) is 0.467. The fourth-order valence-corrected chi connectivity index (χ4v) is 4.56. The van der Waals surface area contributed by atoms with Gasteiger partial charge >= 0.3 is 5.97 Å². The number of benzene rings is 1. The zero-order chi connectivity index (χ0) is 16.4. The summed E-state index contributed by atoms with van der Waals surface area (Å²) in [7, 11) is 7.97. The molecule has 1 rings (SSSR count). The van der Waals surface area contributed by atoms with Crippen molar-refractivity contribution in [2.75, 3.05) is 26.2 Å². The Morgan fingerprint density at radius 3 is 2.55 bits per heavy atom.